The number of nitrogens with two attached hydrogens (primary N) is 1. The van der Waals surface area contributed by atoms with E-state index >= 15 is 0 Å². The van der Waals surface area contributed by atoms with Gasteiger partial charge >= 0.3 is 0 Å². The van der Waals surface area contributed by atoms with Gasteiger partial charge in [-0.05, 0) is 31.9 Å². The number of nitrogens with zero attached hydrogens (tertiary/aromatic N) is 1. The van der Waals surface area contributed by atoms with Crippen molar-refractivity contribution in [1.82, 2.24) is 0 Å². The largest absolute Gasteiger partial charge is 0.370 e. The number of hydrogen-bond acceptors (Lipinski definition) is 3. The zero-order chi connectivity index (χ0) is 15.2. The Kier molecular flexibility index (Phi) is 10.3. The van der Waals surface area contributed by atoms with Crippen LogP contribution in [0.15, 0.2) is 24.3 Å². The van der Waals surface area contributed by atoms with Crippen LogP contribution in [0.5, 0.6) is 0 Å². The van der Waals surface area contributed by atoms with Crippen molar-refractivity contribution in [1.29, 1.82) is 0 Å². The van der Waals surface area contributed by atoms with Gasteiger partial charge in [-0.15, -0.1) is 24.8 Å². The number of benzene rings is 1. The van der Waals surface area contributed by atoms with Crippen LogP contribution in [-0.2, 0) is 4.79 Å². The fourth-order valence-electron chi connectivity index (χ4n) is 2.65. The molecule has 1 aliphatic heterocycles. The van der Waals surface area contributed by atoms with Crippen molar-refractivity contribution in [2.75, 3.05) is 23.3 Å². The summed E-state index contributed by atoms with van der Waals surface area (Å²) in [6.07, 6.45) is 5.04. The highest BCUT2D eigenvalue weighted by Crippen LogP contribution is 2.28. The second-order valence-electron chi connectivity index (χ2n) is 6.06. The van der Waals surface area contributed by atoms with Gasteiger partial charge in [-0.2, -0.15) is 0 Å². The van der Waals surface area contributed by atoms with Crippen molar-refractivity contribution >= 4 is 42.1 Å². The minimum Gasteiger partial charge on any atom is -0.370 e. The summed E-state index contributed by atoms with van der Waals surface area (Å²) in [6.45, 7) is 5.87. The summed E-state index contributed by atoms with van der Waals surface area (Å²) < 4.78 is 0. The molecule has 1 saturated heterocycles. The third-order valence-electron chi connectivity index (χ3n) is 4.31. The molecular weight excluding hydrogens is 333 g/mol. The van der Waals surface area contributed by atoms with Gasteiger partial charge < -0.3 is 16.0 Å². The van der Waals surface area contributed by atoms with E-state index in [0.717, 1.165) is 24.5 Å². The van der Waals surface area contributed by atoms with E-state index in [1.165, 1.54) is 25.7 Å². The summed E-state index contributed by atoms with van der Waals surface area (Å²) in [6, 6.07) is 7.93. The predicted octanol–water partition coefficient (Wildman–Crippen LogP) is 3.83. The minimum atomic E-state index is -0.192. The number of para-hydroxylation sites is 2. The molecule has 1 aliphatic rings. The molecule has 1 heterocycles. The van der Waals surface area contributed by atoms with Gasteiger partial charge in [0.1, 0.15) is 0 Å². The van der Waals surface area contributed by atoms with Crippen molar-refractivity contribution in [2.24, 2.45) is 11.7 Å². The highest BCUT2D eigenvalue weighted by Gasteiger charge is 2.19. The Morgan fingerprint density at radius 2 is 1.65 bits per heavy atom. The normalized spacial score (nSPS) is 17.1. The van der Waals surface area contributed by atoms with Gasteiger partial charge in [-0.3, -0.25) is 4.79 Å². The van der Waals surface area contributed by atoms with Gasteiger partial charge in [0.05, 0.1) is 17.3 Å². The quantitative estimate of drug-likeness (QED) is 0.856. The van der Waals surface area contributed by atoms with E-state index in [1.807, 2.05) is 32.0 Å². The summed E-state index contributed by atoms with van der Waals surface area (Å²) in [5.74, 6) is -0.200. The first-order valence-corrected chi connectivity index (χ1v) is 8.00. The number of carbonyl (C=O) groups excluding carboxylic acids is 1. The lowest BCUT2D eigenvalue weighted by Gasteiger charge is -2.26. The van der Waals surface area contributed by atoms with Crippen molar-refractivity contribution in [3.05, 3.63) is 24.3 Å². The molecule has 132 valence electrons. The van der Waals surface area contributed by atoms with Crippen molar-refractivity contribution in [3.8, 4) is 0 Å². The van der Waals surface area contributed by atoms with Crippen LogP contribution < -0.4 is 16.0 Å². The first-order chi connectivity index (χ1) is 10.1. The number of carbonyl (C=O) groups is 1. The molecular formula is C17H29Cl2N3O. The average molecular weight is 362 g/mol. The molecule has 0 radical (unpaired) electrons. The summed E-state index contributed by atoms with van der Waals surface area (Å²) >= 11 is 0. The topological polar surface area (TPSA) is 58.4 Å². The van der Waals surface area contributed by atoms with Gasteiger partial charge in [0.2, 0.25) is 5.91 Å². The number of hydrogen-bond donors (Lipinski definition) is 2. The fraction of sp³-hybridized carbons (Fsp3) is 0.588. The molecule has 0 aromatic heterocycles. The van der Waals surface area contributed by atoms with E-state index in [0.29, 0.717) is 0 Å². The lowest BCUT2D eigenvalue weighted by molar-refractivity contribution is -0.119. The number of rotatable bonds is 4. The van der Waals surface area contributed by atoms with E-state index in [1.54, 1.807) is 0 Å². The Morgan fingerprint density at radius 3 is 2.22 bits per heavy atom. The lowest BCUT2D eigenvalue weighted by atomic mass is 10.0. The van der Waals surface area contributed by atoms with E-state index in [-0.39, 0.29) is 42.7 Å². The molecule has 1 aromatic rings. The summed E-state index contributed by atoms with van der Waals surface area (Å²) in [5, 5.41) is 3.05. The average Bonchev–Trinajstić information content (AvgIpc) is 2.76. The highest BCUT2D eigenvalue weighted by molar-refractivity contribution is 5.96. The predicted molar refractivity (Wildman–Crippen MR) is 103 cm³/mol. The maximum atomic E-state index is 12.2. The summed E-state index contributed by atoms with van der Waals surface area (Å²) in [5.41, 5.74) is 7.85. The van der Waals surface area contributed by atoms with Crippen LogP contribution in [-0.4, -0.2) is 25.0 Å². The molecule has 23 heavy (non-hydrogen) atoms. The van der Waals surface area contributed by atoms with E-state index < -0.39 is 0 Å². The number of amides is 1. The maximum Gasteiger partial charge on any atom is 0.228 e. The van der Waals surface area contributed by atoms with Crippen molar-refractivity contribution in [3.63, 3.8) is 0 Å². The van der Waals surface area contributed by atoms with Gasteiger partial charge in [-0.25, -0.2) is 0 Å². The molecule has 0 aliphatic carbocycles. The van der Waals surface area contributed by atoms with Gasteiger partial charge in [-0.1, -0.05) is 31.9 Å². The molecule has 2 rings (SSSR count). The van der Waals surface area contributed by atoms with E-state index in [2.05, 4.69) is 16.3 Å². The minimum absolute atomic E-state index is 0. The Morgan fingerprint density at radius 1 is 1.09 bits per heavy atom. The monoisotopic (exact) mass is 361 g/mol. The number of halogens is 2. The van der Waals surface area contributed by atoms with Crippen LogP contribution in [0.4, 0.5) is 11.4 Å². The van der Waals surface area contributed by atoms with Crippen LogP contribution in [0.2, 0.25) is 0 Å². The molecule has 1 fully saturated rings. The van der Waals surface area contributed by atoms with Crippen molar-refractivity contribution < 1.29 is 4.79 Å². The number of nitrogens with one attached hydrogen (secondary N) is 1. The third kappa shape index (κ3) is 6.21. The van der Waals surface area contributed by atoms with Crippen LogP contribution in [0.1, 0.15) is 39.5 Å². The molecule has 2 unspecified atom stereocenters. The smallest absolute Gasteiger partial charge is 0.228 e. The van der Waals surface area contributed by atoms with Gasteiger partial charge in [0.25, 0.3) is 0 Å². The standard InChI is InChI=1S/C17H27N3O.2ClH/c1-13(14(2)18)17(21)19-15-9-5-6-10-16(15)20-11-7-3-4-8-12-20;;/h5-6,9-10,13-14H,3-4,7-8,11-12,18H2,1-2H3,(H,19,21);2*1H. The molecule has 1 amide bonds. The van der Waals surface area contributed by atoms with Gasteiger partial charge in [0.15, 0.2) is 0 Å². The Bertz CT molecular complexity index is 475. The molecule has 1 aromatic carbocycles. The molecule has 4 nitrogen and oxygen atoms in total. The number of anilines is 2. The zero-order valence-electron chi connectivity index (χ0n) is 14.0. The zero-order valence-corrected chi connectivity index (χ0v) is 15.6. The first kappa shape index (κ1) is 22.0. The summed E-state index contributed by atoms with van der Waals surface area (Å²) in [4.78, 5) is 14.6. The molecule has 0 saturated carbocycles. The van der Waals surface area contributed by atoms with Crippen LogP contribution in [0, 0.1) is 5.92 Å². The Labute approximate surface area is 152 Å². The Balaban J connectivity index is 0.00000242. The second-order valence-corrected chi connectivity index (χ2v) is 6.06. The van der Waals surface area contributed by atoms with Crippen LogP contribution in [0.3, 0.4) is 0 Å². The highest BCUT2D eigenvalue weighted by atomic mass is 35.5. The van der Waals surface area contributed by atoms with Crippen LogP contribution >= 0.6 is 24.8 Å². The molecule has 6 heteroatoms. The fourth-order valence-corrected chi connectivity index (χ4v) is 2.65. The van der Waals surface area contributed by atoms with Crippen LogP contribution in [0.25, 0.3) is 0 Å². The SMILES string of the molecule is CC(N)C(C)C(=O)Nc1ccccc1N1CCCCCC1.Cl.Cl. The van der Waals surface area contributed by atoms with Gasteiger partial charge in [0, 0.05) is 19.1 Å². The van der Waals surface area contributed by atoms with E-state index in [9.17, 15) is 4.79 Å². The van der Waals surface area contributed by atoms with Crippen molar-refractivity contribution in [2.45, 2.75) is 45.6 Å². The molecule has 0 spiro atoms. The summed E-state index contributed by atoms with van der Waals surface area (Å²) in [7, 11) is 0. The third-order valence-corrected chi connectivity index (χ3v) is 4.31. The Hall–Kier alpha value is -0.970. The molecule has 3 N–H and O–H groups in total. The molecule has 2 atom stereocenters. The first-order valence-electron chi connectivity index (χ1n) is 8.00. The van der Waals surface area contributed by atoms with E-state index in [4.69, 9.17) is 5.73 Å². The molecule has 0 bridgehead atoms. The maximum absolute atomic E-state index is 12.2. The lowest BCUT2D eigenvalue weighted by Crippen LogP contribution is -2.35. The second kappa shape index (κ2) is 10.7.